The fourth-order valence-corrected chi connectivity index (χ4v) is 3.86. The number of aliphatic hydroxyl groups is 1. The van der Waals surface area contributed by atoms with Crippen LogP contribution in [0.25, 0.3) is 22.6 Å². The first-order valence-corrected chi connectivity index (χ1v) is 8.96. The highest BCUT2D eigenvalue weighted by molar-refractivity contribution is 5.79. The van der Waals surface area contributed by atoms with Gasteiger partial charge in [-0.25, -0.2) is 4.98 Å². The van der Waals surface area contributed by atoms with Crippen molar-refractivity contribution in [2.45, 2.75) is 58.0 Å². The van der Waals surface area contributed by atoms with Crippen molar-refractivity contribution < 1.29 is 9.52 Å². The minimum atomic E-state index is 0.0464. The van der Waals surface area contributed by atoms with E-state index in [2.05, 4.69) is 39.8 Å². The van der Waals surface area contributed by atoms with Gasteiger partial charge in [0, 0.05) is 5.56 Å². The van der Waals surface area contributed by atoms with Crippen molar-refractivity contribution in [1.29, 1.82) is 0 Å². The molecular formula is C22H25NO2. The monoisotopic (exact) mass is 335 g/mol. The van der Waals surface area contributed by atoms with Gasteiger partial charge < -0.3 is 9.52 Å². The number of nitrogens with zero attached hydrogens (tertiary/aromatic N) is 1. The second-order valence-corrected chi connectivity index (χ2v) is 8.51. The summed E-state index contributed by atoms with van der Waals surface area (Å²) in [5.74, 6) is 0.637. The third-order valence-electron chi connectivity index (χ3n) is 5.74. The lowest BCUT2D eigenvalue weighted by atomic mass is 9.63. The number of aromatic nitrogens is 1. The van der Waals surface area contributed by atoms with Crippen LogP contribution in [-0.4, -0.2) is 10.1 Å². The van der Waals surface area contributed by atoms with Crippen LogP contribution >= 0.6 is 0 Å². The van der Waals surface area contributed by atoms with E-state index in [9.17, 15) is 5.11 Å². The smallest absolute Gasteiger partial charge is 0.227 e. The number of hydrogen-bond donors (Lipinski definition) is 1. The molecule has 1 N–H and O–H groups in total. The Hall–Kier alpha value is -2.13. The van der Waals surface area contributed by atoms with Crippen LogP contribution in [0.3, 0.4) is 0 Å². The molecule has 0 spiro atoms. The highest BCUT2D eigenvalue weighted by Crippen LogP contribution is 2.47. The molecular weight excluding hydrogens is 310 g/mol. The molecule has 0 saturated heterocycles. The Morgan fingerprint density at radius 3 is 2.16 bits per heavy atom. The molecule has 0 fully saturated rings. The predicted octanol–water partition coefficient (Wildman–Crippen LogP) is 5.34. The van der Waals surface area contributed by atoms with Gasteiger partial charge in [-0.05, 0) is 64.6 Å². The lowest BCUT2D eigenvalue weighted by Gasteiger charge is -2.41. The standard InChI is InChI=1S/C22H25NO2/c1-21(2)9-10-22(3,4)17-12-19-18(11-16(17)21)23-20(25-19)15-7-5-14(13-24)6-8-15/h5-8,11-12,24H,9-10,13H2,1-4H3. The molecule has 0 bridgehead atoms. The first-order valence-electron chi connectivity index (χ1n) is 8.96. The van der Waals surface area contributed by atoms with Crippen LogP contribution < -0.4 is 0 Å². The molecule has 3 nitrogen and oxygen atoms in total. The maximum absolute atomic E-state index is 9.19. The Labute approximate surface area is 148 Å². The molecule has 4 rings (SSSR count). The Morgan fingerprint density at radius 1 is 0.960 bits per heavy atom. The van der Waals surface area contributed by atoms with Crippen LogP contribution in [0.1, 0.15) is 57.2 Å². The number of benzene rings is 2. The maximum Gasteiger partial charge on any atom is 0.227 e. The van der Waals surface area contributed by atoms with E-state index in [0.717, 1.165) is 22.2 Å². The minimum Gasteiger partial charge on any atom is -0.436 e. The van der Waals surface area contributed by atoms with Gasteiger partial charge in [-0.1, -0.05) is 39.8 Å². The van der Waals surface area contributed by atoms with Crippen LogP contribution in [-0.2, 0) is 17.4 Å². The van der Waals surface area contributed by atoms with Crippen molar-refractivity contribution in [3.63, 3.8) is 0 Å². The Bertz CT molecular complexity index is 880. The van der Waals surface area contributed by atoms with Gasteiger partial charge in [-0.15, -0.1) is 0 Å². The third-order valence-corrected chi connectivity index (χ3v) is 5.74. The summed E-state index contributed by atoms with van der Waals surface area (Å²) in [6, 6.07) is 12.1. The summed E-state index contributed by atoms with van der Waals surface area (Å²) in [6.45, 7) is 9.32. The first-order chi connectivity index (χ1) is 11.8. The van der Waals surface area contributed by atoms with Gasteiger partial charge in [0.1, 0.15) is 5.52 Å². The van der Waals surface area contributed by atoms with E-state index in [4.69, 9.17) is 9.40 Å². The second-order valence-electron chi connectivity index (χ2n) is 8.51. The zero-order valence-corrected chi connectivity index (χ0v) is 15.4. The molecule has 0 radical (unpaired) electrons. The Morgan fingerprint density at radius 2 is 1.56 bits per heavy atom. The fraction of sp³-hybridized carbons (Fsp3) is 0.409. The molecule has 0 amide bonds. The topological polar surface area (TPSA) is 46.3 Å². The van der Waals surface area contributed by atoms with E-state index in [1.54, 1.807) is 0 Å². The molecule has 1 aliphatic rings. The zero-order chi connectivity index (χ0) is 17.8. The second kappa shape index (κ2) is 5.43. The Balaban J connectivity index is 1.86. The first kappa shape index (κ1) is 16.3. The highest BCUT2D eigenvalue weighted by atomic mass is 16.3. The summed E-state index contributed by atoms with van der Waals surface area (Å²) in [5, 5.41) is 9.19. The summed E-state index contributed by atoms with van der Waals surface area (Å²) in [4.78, 5) is 4.73. The van der Waals surface area contributed by atoms with Gasteiger partial charge in [0.05, 0.1) is 6.61 Å². The van der Waals surface area contributed by atoms with Gasteiger partial charge in [0.15, 0.2) is 5.58 Å². The SMILES string of the molecule is CC1(C)CCC(C)(C)c2cc3oc(-c4ccc(CO)cc4)nc3cc21. The van der Waals surface area contributed by atoms with Crippen molar-refractivity contribution >= 4 is 11.1 Å². The predicted molar refractivity (Wildman–Crippen MR) is 101 cm³/mol. The third kappa shape index (κ3) is 2.67. The molecule has 3 heteroatoms. The molecule has 25 heavy (non-hydrogen) atoms. The average molecular weight is 335 g/mol. The van der Waals surface area contributed by atoms with Gasteiger partial charge in [-0.2, -0.15) is 0 Å². The number of rotatable bonds is 2. The van der Waals surface area contributed by atoms with Crippen LogP contribution in [0.15, 0.2) is 40.8 Å². The summed E-state index contributed by atoms with van der Waals surface area (Å²) in [5.41, 5.74) is 6.71. The molecule has 0 unspecified atom stereocenters. The molecule has 1 aromatic heterocycles. The lowest BCUT2D eigenvalue weighted by Crippen LogP contribution is -2.33. The van der Waals surface area contributed by atoms with Gasteiger partial charge in [0.25, 0.3) is 0 Å². The zero-order valence-electron chi connectivity index (χ0n) is 15.4. The van der Waals surface area contributed by atoms with Crippen LogP contribution in [0.4, 0.5) is 0 Å². The number of hydrogen-bond acceptors (Lipinski definition) is 3. The molecule has 0 atom stereocenters. The molecule has 130 valence electrons. The molecule has 0 aliphatic heterocycles. The van der Waals surface area contributed by atoms with E-state index >= 15 is 0 Å². The number of fused-ring (bicyclic) bond motifs is 2. The highest BCUT2D eigenvalue weighted by Gasteiger charge is 2.37. The average Bonchev–Trinajstić information content (AvgIpc) is 3.01. The molecule has 2 aromatic carbocycles. The summed E-state index contributed by atoms with van der Waals surface area (Å²) < 4.78 is 6.08. The van der Waals surface area contributed by atoms with Crippen molar-refractivity contribution in [2.24, 2.45) is 0 Å². The maximum atomic E-state index is 9.19. The quantitative estimate of drug-likeness (QED) is 0.688. The van der Waals surface area contributed by atoms with Crippen molar-refractivity contribution in [1.82, 2.24) is 4.98 Å². The van der Waals surface area contributed by atoms with E-state index in [1.807, 2.05) is 24.3 Å². The normalized spacial score (nSPS) is 18.3. The van der Waals surface area contributed by atoms with Gasteiger partial charge >= 0.3 is 0 Å². The molecule has 3 aromatic rings. The van der Waals surface area contributed by atoms with E-state index in [0.29, 0.717) is 5.89 Å². The summed E-state index contributed by atoms with van der Waals surface area (Å²) >= 11 is 0. The Kier molecular flexibility index (Phi) is 3.55. The van der Waals surface area contributed by atoms with E-state index in [-0.39, 0.29) is 17.4 Å². The van der Waals surface area contributed by atoms with Crippen molar-refractivity contribution in [3.05, 3.63) is 53.1 Å². The fourth-order valence-electron chi connectivity index (χ4n) is 3.86. The van der Waals surface area contributed by atoms with Crippen LogP contribution in [0.5, 0.6) is 0 Å². The van der Waals surface area contributed by atoms with Gasteiger partial charge in [-0.3, -0.25) is 0 Å². The summed E-state index contributed by atoms with van der Waals surface area (Å²) in [7, 11) is 0. The van der Waals surface area contributed by atoms with Crippen molar-refractivity contribution in [3.8, 4) is 11.5 Å². The van der Waals surface area contributed by atoms with Gasteiger partial charge in [0.2, 0.25) is 5.89 Å². The lowest BCUT2D eigenvalue weighted by molar-refractivity contribution is 0.282. The van der Waals surface area contributed by atoms with E-state index < -0.39 is 0 Å². The molecule has 1 aliphatic carbocycles. The van der Waals surface area contributed by atoms with Crippen LogP contribution in [0.2, 0.25) is 0 Å². The molecule has 0 saturated carbocycles. The molecule has 1 heterocycles. The number of aliphatic hydroxyl groups excluding tert-OH is 1. The van der Waals surface area contributed by atoms with Crippen molar-refractivity contribution in [2.75, 3.05) is 0 Å². The largest absolute Gasteiger partial charge is 0.436 e. The van der Waals surface area contributed by atoms with Crippen LogP contribution in [0, 0.1) is 0 Å². The number of oxazole rings is 1. The summed E-state index contributed by atoms with van der Waals surface area (Å²) in [6.07, 6.45) is 2.37. The van der Waals surface area contributed by atoms with E-state index in [1.165, 1.54) is 24.0 Å². The minimum absolute atomic E-state index is 0.0464.